The maximum absolute atomic E-state index is 13.4. The van der Waals surface area contributed by atoms with Crippen molar-refractivity contribution in [2.75, 3.05) is 6.54 Å². The molecule has 0 saturated heterocycles. The number of guanidine groups is 1. The molecule has 0 spiro atoms. The lowest BCUT2D eigenvalue weighted by Crippen LogP contribution is -2.57. The fraction of sp³-hybridized carbons (Fsp3) is 0.370. The average Bonchev–Trinajstić information content (AvgIpc) is 2.91. The Morgan fingerprint density at radius 2 is 1.27 bits per heavy atom. The number of carbonyl (C=O) groups is 4. The fourth-order valence-electron chi connectivity index (χ4n) is 3.75. The Bertz CT molecular complexity index is 1220. The predicted octanol–water partition coefficient (Wildman–Crippen LogP) is -1.18. The molecule has 41 heavy (non-hydrogen) atoms. The second-order valence-electron chi connectivity index (χ2n) is 9.49. The summed E-state index contributed by atoms with van der Waals surface area (Å²) in [6.07, 6.45) is 0.478. The van der Waals surface area contributed by atoms with E-state index in [1.54, 1.807) is 24.3 Å². The molecule has 0 bridgehead atoms. The van der Waals surface area contributed by atoms with Gasteiger partial charge in [0.25, 0.3) is 0 Å². The molecule has 0 fully saturated rings. The van der Waals surface area contributed by atoms with Crippen LogP contribution in [0.25, 0.3) is 0 Å². The number of carboxylic acid groups (broad SMARTS) is 1. The normalized spacial score (nSPS) is 13.6. The van der Waals surface area contributed by atoms with Crippen LogP contribution in [0.15, 0.2) is 53.5 Å². The molecule has 0 saturated carbocycles. The molecular formula is C27H37N7O7. The van der Waals surface area contributed by atoms with Crippen molar-refractivity contribution in [3.63, 3.8) is 0 Å². The smallest absolute Gasteiger partial charge is 0.325 e. The number of amides is 3. The third-order valence-electron chi connectivity index (χ3n) is 6.05. The number of aliphatic carboxylic acids is 1. The van der Waals surface area contributed by atoms with Crippen LogP contribution in [0.3, 0.4) is 0 Å². The van der Waals surface area contributed by atoms with Crippen molar-refractivity contribution in [3.8, 4) is 11.5 Å². The van der Waals surface area contributed by atoms with E-state index in [9.17, 15) is 34.5 Å². The van der Waals surface area contributed by atoms with Gasteiger partial charge in [0.15, 0.2) is 5.96 Å². The number of aliphatic imine (C=N–C) groups is 1. The molecule has 0 aliphatic carbocycles. The molecule has 222 valence electrons. The number of hydrogen-bond donors (Lipinski definition) is 9. The van der Waals surface area contributed by atoms with Gasteiger partial charge < -0.3 is 48.5 Å². The first-order chi connectivity index (χ1) is 19.3. The summed E-state index contributed by atoms with van der Waals surface area (Å²) in [7, 11) is 0. The van der Waals surface area contributed by atoms with Crippen LogP contribution in [-0.2, 0) is 32.0 Å². The van der Waals surface area contributed by atoms with Gasteiger partial charge in [0.05, 0.1) is 6.04 Å². The summed E-state index contributed by atoms with van der Waals surface area (Å²) >= 11 is 0. The number of carbonyl (C=O) groups excluding carboxylic acids is 3. The Morgan fingerprint density at radius 1 is 0.780 bits per heavy atom. The van der Waals surface area contributed by atoms with Gasteiger partial charge in [-0.2, -0.15) is 0 Å². The minimum Gasteiger partial charge on any atom is -0.508 e. The molecular weight excluding hydrogens is 534 g/mol. The van der Waals surface area contributed by atoms with Gasteiger partial charge in [-0.25, -0.2) is 0 Å². The Morgan fingerprint density at radius 3 is 1.78 bits per heavy atom. The zero-order valence-corrected chi connectivity index (χ0v) is 22.6. The van der Waals surface area contributed by atoms with Crippen LogP contribution in [0.5, 0.6) is 11.5 Å². The number of nitrogens with two attached hydrogens (primary N) is 3. The van der Waals surface area contributed by atoms with Crippen LogP contribution in [0.4, 0.5) is 0 Å². The Labute approximate surface area is 237 Å². The molecule has 12 N–H and O–H groups in total. The molecule has 4 unspecified atom stereocenters. The SMILES string of the molecule is CC(NC(=O)C(CCCN=C(N)N)NC(=O)C(Cc1ccc(O)cc1)NC(=O)C(N)Cc1ccc(O)cc1)C(=O)O. The van der Waals surface area contributed by atoms with Crippen LogP contribution in [0.2, 0.25) is 0 Å². The number of phenolic OH excluding ortho intramolecular Hbond substituents is 2. The highest BCUT2D eigenvalue weighted by Crippen LogP contribution is 2.13. The van der Waals surface area contributed by atoms with E-state index < -0.39 is 47.9 Å². The second-order valence-corrected chi connectivity index (χ2v) is 9.49. The van der Waals surface area contributed by atoms with Crippen molar-refractivity contribution in [1.82, 2.24) is 16.0 Å². The molecule has 3 amide bonds. The summed E-state index contributed by atoms with van der Waals surface area (Å²) in [5, 5.41) is 35.8. The van der Waals surface area contributed by atoms with Crippen molar-refractivity contribution in [3.05, 3.63) is 59.7 Å². The van der Waals surface area contributed by atoms with Gasteiger partial charge in [-0.05, 0) is 61.6 Å². The number of rotatable bonds is 15. The summed E-state index contributed by atoms with van der Waals surface area (Å²) in [5.74, 6) is -3.42. The van der Waals surface area contributed by atoms with E-state index in [0.29, 0.717) is 11.1 Å². The van der Waals surface area contributed by atoms with E-state index >= 15 is 0 Å². The lowest BCUT2D eigenvalue weighted by molar-refractivity contribution is -0.141. The van der Waals surface area contributed by atoms with E-state index in [-0.39, 0.29) is 49.7 Å². The molecule has 0 heterocycles. The molecule has 2 rings (SSSR count). The maximum atomic E-state index is 13.4. The third kappa shape index (κ3) is 11.4. The molecule has 14 heteroatoms. The van der Waals surface area contributed by atoms with Crippen molar-refractivity contribution in [2.24, 2.45) is 22.2 Å². The summed E-state index contributed by atoms with van der Waals surface area (Å²) < 4.78 is 0. The Balaban J connectivity index is 2.22. The molecule has 0 aliphatic rings. The Hall–Kier alpha value is -4.85. The molecule has 0 aromatic heterocycles. The number of aromatic hydroxyl groups is 2. The van der Waals surface area contributed by atoms with E-state index in [2.05, 4.69) is 20.9 Å². The quantitative estimate of drug-likeness (QED) is 0.0702. The number of nitrogens with one attached hydrogen (secondary N) is 3. The van der Waals surface area contributed by atoms with E-state index in [1.807, 2.05) is 0 Å². The van der Waals surface area contributed by atoms with Gasteiger partial charge in [-0.15, -0.1) is 0 Å². The predicted molar refractivity (Wildman–Crippen MR) is 151 cm³/mol. The van der Waals surface area contributed by atoms with Gasteiger partial charge in [0.1, 0.15) is 29.6 Å². The summed E-state index contributed by atoms with van der Waals surface area (Å²) in [6.45, 7) is 1.44. The van der Waals surface area contributed by atoms with Crippen LogP contribution in [-0.4, -0.2) is 75.7 Å². The number of phenols is 2. The molecule has 0 aliphatic heterocycles. The van der Waals surface area contributed by atoms with Crippen LogP contribution < -0.4 is 33.2 Å². The maximum Gasteiger partial charge on any atom is 0.325 e. The van der Waals surface area contributed by atoms with Gasteiger partial charge in [-0.1, -0.05) is 24.3 Å². The fourth-order valence-corrected chi connectivity index (χ4v) is 3.75. The zero-order valence-electron chi connectivity index (χ0n) is 22.6. The lowest BCUT2D eigenvalue weighted by Gasteiger charge is -2.25. The standard InChI is InChI=1S/C27H37N7O7/c1-15(26(40)41)32-24(38)21(3-2-12-31-27(29)30)33-25(39)22(14-17-6-10-19(36)11-7-17)34-23(37)20(28)13-16-4-8-18(35)9-5-16/h4-11,15,20-22,35-36H,2-3,12-14,28H2,1H3,(H,32,38)(H,33,39)(H,34,37)(H,40,41)(H4,29,30,31). The van der Waals surface area contributed by atoms with Crippen LogP contribution in [0, 0.1) is 0 Å². The third-order valence-corrected chi connectivity index (χ3v) is 6.05. The molecule has 2 aromatic carbocycles. The van der Waals surface area contributed by atoms with Crippen LogP contribution >= 0.6 is 0 Å². The van der Waals surface area contributed by atoms with Crippen LogP contribution in [0.1, 0.15) is 30.9 Å². The zero-order chi connectivity index (χ0) is 30.5. The number of benzene rings is 2. The largest absolute Gasteiger partial charge is 0.508 e. The van der Waals surface area contributed by atoms with Gasteiger partial charge in [0.2, 0.25) is 17.7 Å². The van der Waals surface area contributed by atoms with Gasteiger partial charge >= 0.3 is 5.97 Å². The Kier molecular flexibility index (Phi) is 12.4. The first-order valence-electron chi connectivity index (χ1n) is 12.9. The van der Waals surface area contributed by atoms with Crippen molar-refractivity contribution in [2.45, 2.75) is 56.8 Å². The highest BCUT2D eigenvalue weighted by atomic mass is 16.4. The number of hydrogen-bond acceptors (Lipinski definition) is 8. The lowest BCUT2D eigenvalue weighted by atomic mass is 10.0. The molecule has 2 aromatic rings. The number of nitrogens with zero attached hydrogens (tertiary/aromatic N) is 1. The van der Waals surface area contributed by atoms with Crippen molar-refractivity contribution >= 4 is 29.7 Å². The minimum atomic E-state index is -1.26. The first-order valence-corrected chi connectivity index (χ1v) is 12.9. The highest BCUT2D eigenvalue weighted by molar-refractivity contribution is 5.94. The van der Waals surface area contributed by atoms with Gasteiger partial charge in [0, 0.05) is 13.0 Å². The van der Waals surface area contributed by atoms with Gasteiger partial charge in [-0.3, -0.25) is 24.2 Å². The van der Waals surface area contributed by atoms with Crippen molar-refractivity contribution in [1.29, 1.82) is 0 Å². The van der Waals surface area contributed by atoms with E-state index in [1.165, 1.54) is 31.2 Å². The molecule has 0 radical (unpaired) electrons. The average molecular weight is 572 g/mol. The van der Waals surface area contributed by atoms with E-state index in [4.69, 9.17) is 17.2 Å². The van der Waals surface area contributed by atoms with E-state index in [0.717, 1.165) is 0 Å². The minimum absolute atomic E-state index is 0.00233. The highest BCUT2D eigenvalue weighted by Gasteiger charge is 2.29. The summed E-state index contributed by atoms with van der Waals surface area (Å²) in [5.41, 5.74) is 18.1. The monoisotopic (exact) mass is 571 g/mol. The van der Waals surface area contributed by atoms with Crippen molar-refractivity contribution < 1.29 is 34.5 Å². The summed E-state index contributed by atoms with van der Waals surface area (Å²) in [6, 6.07) is 7.57. The second kappa shape index (κ2) is 15.7. The molecule has 4 atom stereocenters. The number of carboxylic acids is 1. The first kappa shape index (κ1) is 32.4. The summed E-state index contributed by atoms with van der Waals surface area (Å²) in [4.78, 5) is 54.4. The topological polar surface area (TPSA) is 255 Å². The molecule has 14 nitrogen and oxygen atoms in total.